The molecule has 0 N–H and O–H groups in total. The Morgan fingerprint density at radius 2 is 1.81 bits per heavy atom. The van der Waals surface area contributed by atoms with Crippen LogP contribution in [-0.2, 0) is 13.0 Å². The highest BCUT2D eigenvalue weighted by Gasteiger charge is 2.23. The van der Waals surface area contributed by atoms with Crippen molar-refractivity contribution in [2.75, 3.05) is 7.11 Å². The molecule has 0 saturated heterocycles. The molecule has 1 amide bonds. The molecule has 0 radical (unpaired) electrons. The number of methoxy groups -OCH3 is 1. The molecule has 32 heavy (non-hydrogen) atoms. The maximum Gasteiger partial charge on any atom is 0.255 e. The number of ether oxygens (including phenoxy) is 1. The predicted molar refractivity (Wildman–Crippen MR) is 124 cm³/mol. The standard InChI is InChI=1S/C26H26N4O2/c1-20(17-22-11-6-7-12-24(22)32-2)29(19-21-9-4-3-5-10-21)26(31)23-13-14-25(27-18-23)30-16-8-15-28-30/h3-16,18,20H,17,19H2,1-2H3. The van der Waals surface area contributed by atoms with Gasteiger partial charge in [0.15, 0.2) is 5.82 Å². The molecule has 6 nitrogen and oxygen atoms in total. The second-order valence-electron chi connectivity index (χ2n) is 7.64. The maximum absolute atomic E-state index is 13.6. The van der Waals surface area contributed by atoms with E-state index in [1.54, 1.807) is 30.3 Å². The van der Waals surface area contributed by atoms with Gasteiger partial charge in [0, 0.05) is 31.2 Å². The van der Waals surface area contributed by atoms with Crippen LogP contribution in [0.25, 0.3) is 5.82 Å². The van der Waals surface area contributed by atoms with E-state index < -0.39 is 0 Å². The Morgan fingerprint density at radius 3 is 2.50 bits per heavy atom. The van der Waals surface area contributed by atoms with Crippen molar-refractivity contribution in [3.8, 4) is 11.6 Å². The molecular weight excluding hydrogens is 400 g/mol. The van der Waals surface area contributed by atoms with Gasteiger partial charge < -0.3 is 9.64 Å². The van der Waals surface area contributed by atoms with Gasteiger partial charge in [-0.2, -0.15) is 5.10 Å². The molecule has 0 saturated carbocycles. The van der Waals surface area contributed by atoms with Gasteiger partial charge in [-0.25, -0.2) is 9.67 Å². The van der Waals surface area contributed by atoms with Crippen molar-refractivity contribution in [2.24, 2.45) is 0 Å². The molecule has 1 unspecified atom stereocenters. The van der Waals surface area contributed by atoms with E-state index in [9.17, 15) is 4.79 Å². The molecule has 0 bridgehead atoms. The zero-order chi connectivity index (χ0) is 22.3. The van der Waals surface area contributed by atoms with Gasteiger partial charge in [0.05, 0.1) is 12.7 Å². The number of hydrogen-bond acceptors (Lipinski definition) is 4. The summed E-state index contributed by atoms with van der Waals surface area (Å²) in [6.45, 7) is 2.58. The first-order valence-corrected chi connectivity index (χ1v) is 10.6. The molecule has 1 atom stereocenters. The molecule has 0 aliphatic heterocycles. The number of pyridine rings is 1. The van der Waals surface area contributed by atoms with E-state index in [0.717, 1.165) is 16.9 Å². The smallest absolute Gasteiger partial charge is 0.255 e. The van der Waals surface area contributed by atoms with Crippen molar-refractivity contribution in [3.05, 3.63) is 108 Å². The maximum atomic E-state index is 13.6. The highest BCUT2D eigenvalue weighted by molar-refractivity contribution is 5.94. The summed E-state index contributed by atoms with van der Waals surface area (Å²) in [6, 6.07) is 23.4. The van der Waals surface area contributed by atoms with Gasteiger partial charge in [-0.05, 0) is 48.7 Å². The molecule has 6 heteroatoms. The molecule has 0 spiro atoms. The normalized spacial score (nSPS) is 11.7. The number of carbonyl (C=O) groups excluding carboxylic acids is 1. The highest BCUT2D eigenvalue weighted by Crippen LogP contribution is 2.23. The number of hydrogen-bond donors (Lipinski definition) is 0. The zero-order valence-corrected chi connectivity index (χ0v) is 18.3. The lowest BCUT2D eigenvalue weighted by Gasteiger charge is -2.30. The number of amides is 1. The van der Waals surface area contributed by atoms with Crippen LogP contribution < -0.4 is 4.74 Å². The third-order valence-corrected chi connectivity index (χ3v) is 5.43. The third kappa shape index (κ3) is 4.86. The first-order valence-electron chi connectivity index (χ1n) is 10.6. The summed E-state index contributed by atoms with van der Waals surface area (Å²) in [5.74, 6) is 1.44. The fourth-order valence-electron chi connectivity index (χ4n) is 3.73. The lowest BCUT2D eigenvalue weighted by molar-refractivity contribution is 0.0674. The minimum absolute atomic E-state index is 0.0511. The second kappa shape index (κ2) is 9.92. The Balaban J connectivity index is 1.60. The van der Waals surface area contributed by atoms with Gasteiger partial charge >= 0.3 is 0 Å². The number of nitrogens with zero attached hydrogens (tertiary/aromatic N) is 4. The molecule has 2 aromatic carbocycles. The predicted octanol–water partition coefficient (Wildman–Crippen LogP) is 4.55. The third-order valence-electron chi connectivity index (χ3n) is 5.43. The van der Waals surface area contributed by atoms with Crippen LogP contribution in [0.15, 0.2) is 91.4 Å². The molecule has 0 fully saturated rings. The van der Waals surface area contributed by atoms with Gasteiger partial charge in [-0.15, -0.1) is 0 Å². The molecule has 4 rings (SSSR count). The SMILES string of the molecule is COc1ccccc1CC(C)N(Cc1ccccc1)C(=O)c1ccc(-n2cccn2)nc1. The summed E-state index contributed by atoms with van der Waals surface area (Å²) in [4.78, 5) is 19.9. The van der Waals surface area contributed by atoms with E-state index in [1.165, 1.54) is 0 Å². The van der Waals surface area contributed by atoms with Crippen molar-refractivity contribution >= 4 is 5.91 Å². The van der Waals surface area contributed by atoms with Gasteiger partial charge in [0.25, 0.3) is 5.91 Å². The van der Waals surface area contributed by atoms with E-state index >= 15 is 0 Å². The molecule has 4 aromatic rings. The summed E-state index contributed by atoms with van der Waals surface area (Å²) >= 11 is 0. The zero-order valence-electron chi connectivity index (χ0n) is 18.3. The Kier molecular flexibility index (Phi) is 6.60. The minimum atomic E-state index is -0.0595. The number of rotatable bonds is 8. The molecule has 162 valence electrons. The van der Waals surface area contributed by atoms with Crippen LogP contribution in [-0.4, -0.2) is 38.7 Å². The van der Waals surface area contributed by atoms with Crippen LogP contribution in [0, 0.1) is 0 Å². The fourth-order valence-corrected chi connectivity index (χ4v) is 3.73. The van der Waals surface area contributed by atoms with Crippen LogP contribution in [0.3, 0.4) is 0 Å². The largest absolute Gasteiger partial charge is 0.496 e. The van der Waals surface area contributed by atoms with Crippen molar-refractivity contribution in [2.45, 2.75) is 25.9 Å². The lowest BCUT2D eigenvalue weighted by Crippen LogP contribution is -2.39. The highest BCUT2D eigenvalue weighted by atomic mass is 16.5. The summed E-state index contributed by atoms with van der Waals surface area (Å²) < 4.78 is 7.18. The minimum Gasteiger partial charge on any atom is -0.496 e. The molecule has 2 heterocycles. The van der Waals surface area contributed by atoms with Gasteiger partial charge in [0.2, 0.25) is 0 Å². The topological polar surface area (TPSA) is 60.2 Å². The van der Waals surface area contributed by atoms with Gasteiger partial charge in [-0.1, -0.05) is 48.5 Å². The lowest BCUT2D eigenvalue weighted by atomic mass is 10.0. The summed E-state index contributed by atoms with van der Waals surface area (Å²) in [7, 11) is 1.67. The molecular formula is C26H26N4O2. The van der Waals surface area contributed by atoms with E-state index in [2.05, 4.69) is 17.0 Å². The first kappa shape index (κ1) is 21.3. The summed E-state index contributed by atoms with van der Waals surface area (Å²) in [5.41, 5.74) is 2.69. The quantitative estimate of drug-likeness (QED) is 0.415. The van der Waals surface area contributed by atoms with E-state index in [1.807, 2.05) is 77.8 Å². The Hall–Kier alpha value is -3.93. The van der Waals surface area contributed by atoms with Gasteiger partial charge in [-0.3, -0.25) is 4.79 Å². The van der Waals surface area contributed by atoms with Crippen LogP contribution in [0.4, 0.5) is 0 Å². The number of carbonyl (C=O) groups is 1. The van der Waals surface area contributed by atoms with Crippen molar-refractivity contribution in [1.82, 2.24) is 19.7 Å². The second-order valence-corrected chi connectivity index (χ2v) is 7.64. The van der Waals surface area contributed by atoms with Crippen molar-refractivity contribution in [1.29, 1.82) is 0 Å². The monoisotopic (exact) mass is 426 g/mol. The van der Waals surface area contributed by atoms with Crippen molar-refractivity contribution in [3.63, 3.8) is 0 Å². The summed E-state index contributed by atoms with van der Waals surface area (Å²) in [5, 5.41) is 4.19. The van der Waals surface area contributed by atoms with Crippen LogP contribution in [0.2, 0.25) is 0 Å². The molecule has 0 aliphatic rings. The molecule has 0 aliphatic carbocycles. The Morgan fingerprint density at radius 1 is 1.03 bits per heavy atom. The van der Waals surface area contributed by atoms with E-state index in [0.29, 0.717) is 24.3 Å². The number of benzene rings is 2. The summed E-state index contributed by atoms with van der Waals surface area (Å²) in [6.07, 6.45) is 5.82. The van der Waals surface area contributed by atoms with E-state index in [-0.39, 0.29) is 11.9 Å². The molecule has 2 aromatic heterocycles. The average Bonchev–Trinajstić information content (AvgIpc) is 3.38. The van der Waals surface area contributed by atoms with Crippen LogP contribution >= 0.6 is 0 Å². The van der Waals surface area contributed by atoms with E-state index in [4.69, 9.17) is 4.74 Å². The fraction of sp³-hybridized carbons (Fsp3) is 0.192. The first-order chi connectivity index (χ1) is 15.7. The Labute approximate surface area is 188 Å². The number of para-hydroxylation sites is 1. The van der Waals surface area contributed by atoms with Gasteiger partial charge in [0.1, 0.15) is 5.75 Å². The Bertz CT molecular complexity index is 1140. The average molecular weight is 427 g/mol. The van der Waals surface area contributed by atoms with Crippen LogP contribution in [0.1, 0.15) is 28.4 Å². The van der Waals surface area contributed by atoms with Crippen molar-refractivity contribution < 1.29 is 9.53 Å². The van der Waals surface area contributed by atoms with Crippen LogP contribution in [0.5, 0.6) is 5.75 Å². The number of aromatic nitrogens is 3.